The van der Waals surface area contributed by atoms with E-state index in [1.807, 2.05) is 12.1 Å². The standard InChI is InChI=1S/C29H28ClF/c1-2-4-21-7-9-22(10-8-21)11-12-23-13-18-28-24(5-3-6-26(28)19-23)14-15-25-16-17-27(30)20-29(25)31/h2-3,5-6,13,16-22H,1,4,7-12H2. The van der Waals surface area contributed by atoms with Crippen LogP contribution >= 0.6 is 11.6 Å². The van der Waals surface area contributed by atoms with E-state index in [0.29, 0.717) is 10.6 Å². The van der Waals surface area contributed by atoms with Gasteiger partial charge in [0.05, 0.1) is 5.56 Å². The Morgan fingerprint density at radius 1 is 0.935 bits per heavy atom. The first-order valence-electron chi connectivity index (χ1n) is 11.2. The highest BCUT2D eigenvalue weighted by Crippen LogP contribution is 2.33. The Hall–Kier alpha value is -2.56. The Morgan fingerprint density at radius 3 is 2.48 bits per heavy atom. The molecule has 0 saturated heterocycles. The third-order valence-electron chi connectivity index (χ3n) is 6.52. The second kappa shape index (κ2) is 10.2. The zero-order chi connectivity index (χ0) is 21.6. The van der Waals surface area contributed by atoms with E-state index >= 15 is 0 Å². The summed E-state index contributed by atoms with van der Waals surface area (Å²) in [7, 11) is 0. The van der Waals surface area contributed by atoms with E-state index in [2.05, 4.69) is 48.8 Å². The fourth-order valence-corrected chi connectivity index (χ4v) is 4.84. The van der Waals surface area contributed by atoms with E-state index in [1.165, 1.54) is 55.5 Å². The van der Waals surface area contributed by atoms with Crippen LogP contribution in [0, 0.1) is 29.5 Å². The molecule has 31 heavy (non-hydrogen) atoms. The second-order valence-electron chi connectivity index (χ2n) is 8.69. The number of halogens is 2. The van der Waals surface area contributed by atoms with E-state index in [4.69, 9.17) is 11.6 Å². The minimum Gasteiger partial charge on any atom is -0.206 e. The zero-order valence-electron chi connectivity index (χ0n) is 17.8. The summed E-state index contributed by atoms with van der Waals surface area (Å²) in [6, 6.07) is 17.4. The Kier molecular flexibility index (Phi) is 7.10. The highest BCUT2D eigenvalue weighted by molar-refractivity contribution is 6.30. The lowest BCUT2D eigenvalue weighted by Gasteiger charge is -2.27. The van der Waals surface area contributed by atoms with Crippen molar-refractivity contribution in [3.63, 3.8) is 0 Å². The van der Waals surface area contributed by atoms with Crippen LogP contribution in [0.25, 0.3) is 10.8 Å². The van der Waals surface area contributed by atoms with Gasteiger partial charge < -0.3 is 0 Å². The Morgan fingerprint density at radius 2 is 1.71 bits per heavy atom. The van der Waals surface area contributed by atoms with Gasteiger partial charge in [0.15, 0.2) is 0 Å². The second-order valence-corrected chi connectivity index (χ2v) is 9.12. The molecule has 0 unspecified atom stereocenters. The average molecular weight is 431 g/mol. The highest BCUT2D eigenvalue weighted by Gasteiger charge is 2.20. The molecule has 3 aromatic rings. The van der Waals surface area contributed by atoms with E-state index in [0.717, 1.165) is 29.2 Å². The number of fused-ring (bicyclic) bond motifs is 1. The molecule has 1 fully saturated rings. The molecule has 158 valence electrons. The molecule has 0 amide bonds. The van der Waals surface area contributed by atoms with Crippen LogP contribution in [-0.4, -0.2) is 0 Å². The van der Waals surface area contributed by atoms with Crippen molar-refractivity contribution in [2.45, 2.75) is 44.9 Å². The fraction of sp³-hybridized carbons (Fsp3) is 0.310. The Balaban J connectivity index is 1.45. The molecule has 0 N–H and O–H groups in total. The minimum absolute atomic E-state index is 0.362. The predicted molar refractivity (Wildman–Crippen MR) is 130 cm³/mol. The number of allylic oxidation sites excluding steroid dienone is 1. The molecule has 0 bridgehead atoms. The summed E-state index contributed by atoms with van der Waals surface area (Å²) in [6.45, 7) is 3.88. The summed E-state index contributed by atoms with van der Waals surface area (Å²) in [4.78, 5) is 0. The summed E-state index contributed by atoms with van der Waals surface area (Å²) in [6.07, 6.45) is 11.0. The lowest BCUT2D eigenvalue weighted by molar-refractivity contribution is 0.265. The third-order valence-corrected chi connectivity index (χ3v) is 6.75. The van der Waals surface area contributed by atoms with Crippen LogP contribution in [0.4, 0.5) is 4.39 Å². The molecule has 0 aromatic heterocycles. The van der Waals surface area contributed by atoms with Gasteiger partial charge in [0, 0.05) is 10.6 Å². The van der Waals surface area contributed by atoms with Gasteiger partial charge in [-0.1, -0.05) is 72.7 Å². The first kappa shape index (κ1) is 21.7. The topological polar surface area (TPSA) is 0 Å². The van der Waals surface area contributed by atoms with Crippen LogP contribution in [0.15, 0.2) is 67.3 Å². The summed E-state index contributed by atoms with van der Waals surface area (Å²) >= 11 is 5.83. The maximum absolute atomic E-state index is 14.0. The van der Waals surface area contributed by atoms with Crippen molar-refractivity contribution in [3.8, 4) is 11.8 Å². The average Bonchev–Trinajstić information content (AvgIpc) is 2.78. The molecule has 4 rings (SSSR count). The highest BCUT2D eigenvalue weighted by atomic mass is 35.5. The number of hydrogen-bond donors (Lipinski definition) is 0. The van der Waals surface area contributed by atoms with Crippen molar-refractivity contribution >= 4 is 22.4 Å². The number of benzene rings is 3. The van der Waals surface area contributed by atoms with Gasteiger partial charge in [0.25, 0.3) is 0 Å². The summed E-state index contributed by atoms with van der Waals surface area (Å²) < 4.78 is 14.0. The zero-order valence-corrected chi connectivity index (χ0v) is 18.6. The number of rotatable bonds is 5. The van der Waals surface area contributed by atoms with Gasteiger partial charge in [-0.25, -0.2) is 4.39 Å². The van der Waals surface area contributed by atoms with Crippen LogP contribution in [0.3, 0.4) is 0 Å². The van der Waals surface area contributed by atoms with Gasteiger partial charge in [-0.2, -0.15) is 0 Å². The molecular weight excluding hydrogens is 403 g/mol. The van der Waals surface area contributed by atoms with Crippen LogP contribution in [0.5, 0.6) is 0 Å². The fourth-order valence-electron chi connectivity index (χ4n) is 4.69. The maximum atomic E-state index is 14.0. The van der Waals surface area contributed by atoms with Gasteiger partial charge in [0.1, 0.15) is 5.82 Å². The van der Waals surface area contributed by atoms with Crippen molar-refractivity contribution in [2.24, 2.45) is 11.8 Å². The van der Waals surface area contributed by atoms with E-state index in [9.17, 15) is 4.39 Å². The van der Waals surface area contributed by atoms with Gasteiger partial charge in [-0.15, -0.1) is 6.58 Å². The molecule has 0 aliphatic heterocycles. The smallest absolute Gasteiger partial charge is 0.140 e. The molecule has 0 heterocycles. The van der Waals surface area contributed by atoms with E-state index in [1.54, 1.807) is 12.1 Å². The van der Waals surface area contributed by atoms with Crippen molar-refractivity contribution in [2.75, 3.05) is 0 Å². The van der Waals surface area contributed by atoms with Crippen molar-refractivity contribution in [1.29, 1.82) is 0 Å². The van der Waals surface area contributed by atoms with Gasteiger partial charge in [-0.3, -0.25) is 0 Å². The molecule has 3 aromatic carbocycles. The third kappa shape index (κ3) is 5.57. The molecule has 2 heteroatoms. The van der Waals surface area contributed by atoms with E-state index < -0.39 is 0 Å². The van der Waals surface area contributed by atoms with Crippen molar-refractivity contribution in [1.82, 2.24) is 0 Å². The van der Waals surface area contributed by atoms with Crippen molar-refractivity contribution in [3.05, 3.63) is 94.8 Å². The molecular formula is C29H28ClF. The molecule has 0 spiro atoms. The first-order chi connectivity index (χ1) is 15.1. The van der Waals surface area contributed by atoms with Gasteiger partial charge >= 0.3 is 0 Å². The van der Waals surface area contributed by atoms with Crippen molar-refractivity contribution < 1.29 is 4.39 Å². The van der Waals surface area contributed by atoms with Crippen LogP contribution in [-0.2, 0) is 6.42 Å². The summed E-state index contributed by atoms with van der Waals surface area (Å²) in [5, 5.41) is 2.68. The minimum atomic E-state index is -0.388. The van der Waals surface area contributed by atoms with Gasteiger partial charge in [0.2, 0.25) is 0 Å². The number of aryl methyl sites for hydroxylation is 1. The SMILES string of the molecule is C=CCC1CCC(CCc2ccc3c(C#Cc4ccc(Cl)cc4F)cccc3c2)CC1. The molecule has 0 atom stereocenters. The first-order valence-corrected chi connectivity index (χ1v) is 11.6. The Bertz CT molecular complexity index is 1130. The molecule has 0 radical (unpaired) electrons. The maximum Gasteiger partial charge on any atom is 0.140 e. The number of hydrogen-bond acceptors (Lipinski definition) is 0. The normalized spacial score (nSPS) is 18.4. The lowest BCUT2D eigenvalue weighted by atomic mass is 9.78. The van der Waals surface area contributed by atoms with Crippen LogP contribution < -0.4 is 0 Å². The summed E-state index contributed by atoms with van der Waals surface area (Å²) in [5.74, 6) is 7.41. The monoisotopic (exact) mass is 430 g/mol. The lowest BCUT2D eigenvalue weighted by Crippen LogP contribution is -2.14. The van der Waals surface area contributed by atoms with E-state index in [-0.39, 0.29) is 5.82 Å². The summed E-state index contributed by atoms with van der Waals surface area (Å²) in [5.41, 5.74) is 2.66. The molecule has 0 nitrogen and oxygen atoms in total. The van der Waals surface area contributed by atoms with Crippen LogP contribution in [0.2, 0.25) is 5.02 Å². The molecule has 1 aliphatic rings. The largest absolute Gasteiger partial charge is 0.206 e. The Labute approximate surface area is 190 Å². The molecule has 1 aliphatic carbocycles. The molecule has 1 saturated carbocycles. The predicted octanol–water partition coefficient (Wildman–Crippen LogP) is 8.35. The van der Waals surface area contributed by atoms with Gasteiger partial charge in [-0.05, 0) is 84.5 Å². The van der Waals surface area contributed by atoms with Crippen LogP contribution in [0.1, 0.15) is 55.2 Å². The quantitative estimate of drug-likeness (QED) is 0.282.